The van der Waals surface area contributed by atoms with Crippen LogP contribution in [0.15, 0.2) is 0 Å². The Morgan fingerprint density at radius 1 is 0.378 bits per heavy atom. The molecule has 0 atom stereocenters. The van der Waals surface area contributed by atoms with Gasteiger partial charge in [0.1, 0.15) is 0 Å². The maximum absolute atomic E-state index is 6.24. The Labute approximate surface area is 299 Å². The smallest absolute Gasteiger partial charge is 0.0637 e. The van der Waals surface area contributed by atoms with Gasteiger partial charge in [-0.25, -0.2) is 0 Å². The fourth-order valence-electron chi connectivity index (χ4n) is 3.08. The Balaban J connectivity index is 4.78. The molecule has 0 aliphatic carbocycles. The molecule has 0 spiro atoms. The molecule has 0 heterocycles. The summed E-state index contributed by atoms with van der Waals surface area (Å²) in [6, 6.07) is 0. The van der Waals surface area contributed by atoms with Gasteiger partial charge in [0, 0.05) is 67.1 Å². The summed E-state index contributed by atoms with van der Waals surface area (Å²) in [5.41, 5.74) is -0.241. The molecule has 0 rings (SSSR count). The van der Waals surface area contributed by atoms with Crippen LogP contribution in [0.4, 0.5) is 0 Å². The quantitative estimate of drug-likeness (QED) is 0.0379. The van der Waals surface area contributed by atoms with Crippen molar-refractivity contribution in [3.63, 3.8) is 0 Å². The number of rotatable bonds is 32. The van der Waals surface area contributed by atoms with E-state index in [2.05, 4.69) is 90.4 Å². The lowest BCUT2D eigenvalue weighted by molar-refractivity contribution is -0.106. The molecule has 0 bridgehead atoms. The van der Waals surface area contributed by atoms with Crippen molar-refractivity contribution in [1.82, 2.24) is 0 Å². The minimum atomic E-state index is -0.241. The lowest BCUT2D eigenvalue weighted by atomic mass is 9.92. The Bertz CT molecular complexity index is 372. The second-order valence-corrected chi connectivity index (χ2v) is 17.5. The summed E-state index contributed by atoms with van der Waals surface area (Å²) >= 11 is 17.8. The first-order chi connectivity index (χ1) is 18.2. The molecular formula is C25H48I4O4S4. The van der Waals surface area contributed by atoms with E-state index in [1.165, 1.54) is 40.7 Å². The van der Waals surface area contributed by atoms with Gasteiger partial charge in [-0.3, -0.25) is 0 Å². The van der Waals surface area contributed by atoms with Crippen molar-refractivity contribution < 1.29 is 18.9 Å². The van der Waals surface area contributed by atoms with Gasteiger partial charge in [-0.2, -0.15) is 47.0 Å². The van der Waals surface area contributed by atoms with Crippen LogP contribution in [0.25, 0.3) is 0 Å². The maximum Gasteiger partial charge on any atom is 0.0637 e. The minimum absolute atomic E-state index is 0.241. The molecule has 0 fully saturated rings. The first-order valence-corrected chi connectivity index (χ1v) is 23.8. The number of ether oxygens (including phenoxy) is 4. The average Bonchev–Trinajstić information content (AvgIpc) is 2.91. The number of thioether (sulfide) groups is 4. The van der Waals surface area contributed by atoms with Gasteiger partial charge in [0.05, 0.1) is 31.8 Å². The molecule has 0 aromatic rings. The average molecular weight is 1050 g/mol. The number of alkyl halides is 4. The molecule has 4 nitrogen and oxygen atoms in total. The third-order valence-corrected chi connectivity index (χ3v) is 14.2. The van der Waals surface area contributed by atoms with E-state index in [0.717, 1.165) is 75.1 Å². The lowest BCUT2D eigenvalue weighted by Crippen LogP contribution is -2.42. The highest BCUT2D eigenvalue weighted by Gasteiger charge is 2.32. The number of halogens is 4. The summed E-state index contributed by atoms with van der Waals surface area (Å²) in [4.78, 5) is 0. The van der Waals surface area contributed by atoms with Crippen molar-refractivity contribution in [2.75, 3.05) is 117 Å². The maximum atomic E-state index is 6.24. The Hall–Kier alpha value is 4.16. The van der Waals surface area contributed by atoms with Gasteiger partial charge in [0.25, 0.3) is 0 Å². The molecule has 0 aliphatic heterocycles. The molecule has 0 amide bonds. The summed E-state index contributed by atoms with van der Waals surface area (Å²) < 4.78 is 29.8. The van der Waals surface area contributed by atoms with Gasteiger partial charge in [0.15, 0.2) is 0 Å². The third kappa shape index (κ3) is 30.0. The molecule has 12 heteroatoms. The SMILES string of the molecule is ICCSCCCOCC(COCCCSCCI)(COCCCSCCI)COCCCSCCI. The van der Waals surface area contributed by atoms with Crippen LogP contribution in [0.5, 0.6) is 0 Å². The van der Waals surface area contributed by atoms with Crippen LogP contribution < -0.4 is 0 Å². The van der Waals surface area contributed by atoms with Crippen LogP contribution >= 0.6 is 137 Å². The van der Waals surface area contributed by atoms with Crippen LogP contribution in [-0.2, 0) is 18.9 Å². The van der Waals surface area contributed by atoms with Gasteiger partial charge in [-0.1, -0.05) is 90.4 Å². The fraction of sp³-hybridized carbons (Fsp3) is 1.00. The third-order valence-electron chi connectivity index (χ3n) is 4.83. The van der Waals surface area contributed by atoms with Gasteiger partial charge in [0.2, 0.25) is 0 Å². The number of hydrogen-bond acceptors (Lipinski definition) is 8. The second kappa shape index (κ2) is 34.6. The van der Waals surface area contributed by atoms with E-state index in [0.29, 0.717) is 26.4 Å². The van der Waals surface area contributed by atoms with Crippen molar-refractivity contribution in [2.24, 2.45) is 5.41 Å². The zero-order chi connectivity index (χ0) is 27.1. The molecule has 0 saturated carbocycles. The van der Waals surface area contributed by atoms with Crippen LogP contribution in [0.3, 0.4) is 0 Å². The molecule has 0 unspecified atom stereocenters. The van der Waals surface area contributed by atoms with Crippen LogP contribution in [0.1, 0.15) is 25.7 Å². The molecule has 0 aromatic carbocycles. The van der Waals surface area contributed by atoms with E-state index in [9.17, 15) is 0 Å². The molecular weight excluding hydrogens is 1000 g/mol. The Morgan fingerprint density at radius 3 is 0.838 bits per heavy atom. The molecule has 0 aromatic heterocycles. The highest BCUT2D eigenvalue weighted by molar-refractivity contribution is 14.1. The van der Waals surface area contributed by atoms with Crippen LogP contribution in [0.2, 0.25) is 0 Å². The van der Waals surface area contributed by atoms with E-state index in [4.69, 9.17) is 18.9 Å². The molecule has 0 radical (unpaired) electrons. The summed E-state index contributed by atoms with van der Waals surface area (Å²) in [6.45, 7) is 5.74. The van der Waals surface area contributed by atoms with Crippen molar-refractivity contribution in [2.45, 2.75) is 25.7 Å². The van der Waals surface area contributed by atoms with E-state index < -0.39 is 0 Å². The fourth-order valence-corrected chi connectivity index (χ4v) is 9.36. The van der Waals surface area contributed by atoms with Gasteiger partial charge < -0.3 is 18.9 Å². The van der Waals surface area contributed by atoms with E-state index in [-0.39, 0.29) is 5.41 Å². The molecule has 0 N–H and O–H groups in total. The highest BCUT2D eigenvalue weighted by atomic mass is 127. The normalized spacial score (nSPS) is 12.0. The first kappa shape index (κ1) is 41.2. The zero-order valence-corrected chi connectivity index (χ0v) is 34.1. The summed E-state index contributed by atoms with van der Waals surface area (Å²) in [6.07, 6.45) is 4.37. The molecule has 37 heavy (non-hydrogen) atoms. The predicted molar refractivity (Wildman–Crippen MR) is 209 cm³/mol. The minimum Gasteiger partial charge on any atom is -0.381 e. The van der Waals surface area contributed by atoms with Crippen molar-refractivity contribution in [3.8, 4) is 0 Å². The largest absolute Gasteiger partial charge is 0.381 e. The second-order valence-electron chi connectivity index (χ2n) is 8.33. The van der Waals surface area contributed by atoms with Crippen molar-refractivity contribution in [3.05, 3.63) is 0 Å². The molecule has 0 saturated heterocycles. The van der Waals surface area contributed by atoms with Gasteiger partial charge in [-0.15, -0.1) is 0 Å². The van der Waals surface area contributed by atoms with Gasteiger partial charge in [-0.05, 0) is 48.7 Å². The van der Waals surface area contributed by atoms with Gasteiger partial charge >= 0.3 is 0 Å². The predicted octanol–water partition coefficient (Wildman–Crippen LogP) is 8.27. The van der Waals surface area contributed by atoms with E-state index in [1.807, 2.05) is 47.0 Å². The Morgan fingerprint density at radius 2 is 0.622 bits per heavy atom. The van der Waals surface area contributed by atoms with Crippen LogP contribution in [0, 0.1) is 5.41 Å². The zero-order valence-electron chi connectivity index (χ0n) is 22.2. The summed E-state index contributed by atoms with van der Waals surface area (Å²) in [5.74, 6) is 9.56. The highest BCUT2D eigenvalue weighted by Crippen LogP contribution is 2.22. The lowest BCUT2D eigenvalue weighted by Gasteiger charge is -2.33. The van der Waals surface area contributed by atoms with Crippen molar-refractivity contribution in [1.29, 1.82) is 0 Å². The number of hydrogen-bond donors (Lipinski definition) is 0. The van der Waals surface area contributed by atoms with E-state index >= 15 is 0 Å². The Kier molecular flexibility index (Phi) is 38.5. The molecule has 0 aliphatic rings. The van der Waals surface area contributed by atoms with E-state index in [1.54, 1.807) is 0 Å². The topological polar surface area (TPSA) is 36.9 Å². The summed E-state index contributed by atoms with van der Waals surface area (Å²) in [7, 11) is 0. The summed E-state index contributed by atoms with van der Waals surface area (Å²) in [5, 5.41) is 0. The first-order valence-electron chi connectivity index (χ1n) is 13.1. The standard InChI is InChI=1S/C25H48I4O4S4/c26-5-17-34-13-1-9-30-21-25(22-31-10-2-14-35-18-6-27,23-32-11-3-15-36-19-7-28)24-33-12-4-16-37-20-8-29/h1-24H2. The van der Waals surface area contributed by atoms with Crippen molar-refractivity contribution >= 4 is 137 Å². The van der Waals surface area contributed by atoms with Crippen LogP contribution in [-0.4, -0.2) is 117 Å². The monoisotopic (exact) mass is 1050 g/mol. The molecule has 224 valence electrons.